The Morgan fingerprint density at radius 1 is 1.62 bits per heavy atom. The lowest BCUT2D eigenvalue weighted by molar-refractivity contribution is -0.0535. The third kappa shape index (κ3) is 2.87. The third-order valence-electron chi connectivity index (χ3n) is 2.26. The molecule has 2 heteroatoms. The van der Waals surface area contributed by atoms with Crippen LogP contribution in [0.15, 0.2) is 12.2 Å². The molecule has 1 aliphatic heterocycles. The Balaban J connectivity index is 2.56. The summed E-state index contributed by atoms with van der Waals surface area (Å²) in [4.78, 5) is 0. The molecular weight excluding hydrogens is 164 g/mol. The van der Waals surface area contributed by atoms with Gasteiger partial charge in [-0.3, -0.25) is 0 Å². The molecule has 0 radical (unpaired) electrons. The van der Waals surface area contributed by atoms with Gasteiger partial charge in [-0.05, 0) is 12.8 Å². The molecule has 0 aromatic carbocycles. The van der Waals surface area contributed by atoms with Gasteiger partial charge in [0.05, 0.1) is 12.2 Å². The molecule has 2 nitrogen and oxygen atoms in total. The van der Waals surface area contributed by atoms with E-state index in [2.05, 4.69) is 5.92 Å². The summed E-state index contributed by atoms with van der Waals surface area (Å²) >= 11 is 0. The Bertz CT molecular complexity index is 215. The van der Waals surface area contributed by atoms with Gasteiger partial charge in [0.2, 0.25) is 0 Å². The second-order valence-corrected chi connectivity index (χ2v) is 3.25. The zero-order chi connectivity index (χ0) is 9.68. The lowest BCUT2D eigenvalue weighted by Crippen LogP contribution is -2.30. The van der Waals surface area contributed by atoms with Crippen LogP contribution in [0.1, 0.15) is 26.2 Å². The van der Waals surface area contributed by atoms with Crippen molar-refractivity contribution in [2.75, 3.05) is 0 Å². The SMILES string of the molecule is C#C[C@@H]1CC=CC[C@H]([C@@H](O)CC)O1. The fourth-order valence-corrected chi connectivity index (χ4v) is 1.39. The molecule has 1 aliphatic rings. The van der Waals surface area contributed by atoms with Crippen LogP contribution in [0.2, 0.25) is 0 Å². The van der Waals surface area contributed by atoms with E-state index in [1.807, 2.05) is 19.1 Å². The maximum Gasteiger partial charge on any atom is 0.121 e. The Morgan fingerprint density at radius 2 is 2.31 bits per heavy atom. The van der Waals surface area contributed by atoms with E-state index in [-0.39, 0.29) is 12.2 Å². The van der Waals surface area contributed by atoms with Crippen LogP contribution in [0.5, 0.6) is 0 Å². The minimum absolute atomic E-state index is 0.134. The van der Waals surface area contributed by atoms with Gasteiger partial charge >= 0.3 is 0 Å². The third-order valence-corrected chi connectivity index (χ3v) is 2.26. The predicted octanol–water partition coefficient (Wildman–Crippen LogP) is 1.49. The van der Waals surface area contributed by atoms with Crippen molar-refractivity contribution < 1.29 is 9.84 Å². The standard InChI is InChI=1S/C11H16O2/c1-3-9-7-5-6-8-11(13-9)10(12)4-2/h1,5-6,9-12H,4,7-8H2,2H3/t9-,10+,11-/m1/s1. The van der Waals surface area contributed by atoms with E-state index in [1.54, 1.807) is 0 Å². The van der Waals surface area contributed by atoms with Gasteiger partial charge in [-0.15, -0.1) is 6.42 Å². The van der Waals surface area contributed by atoms with Gasteiger partial charge in [-0.1, -0.05) is 25.0 Å². The second-order valence-electron chi connectivity index (χ2n) is 3.25. The predicted molar refractivity (Wildman–Crippen MR) is 52.2 cm³/mol. The van der Waals surface area contributed by atoms with Gasteiger partial charge in [-0.25, -0.2) is 0 Å². The highest BCUT2D eigenvalue weighted by Gasteiger charge is 2.21. The second kappa shape index (κ2) is 5.06. The van der Waals surface area contributed by atoms with E-state index in [9.17, 15) is 5.11 Å². The van der Waals surface area contributed by atoms with Crippen LogP contribution in [0, 0.1) is 12.3 Å². The van der Waals surface area contributed by atoms with Gasteiger partial charge in [-0.2, -0.15) is 0 Å². The summed E-state index contributed by atoms with van der Waals surface area (Å²) in [6.07, 6.45) is 10.8. The van der Waals surface area contributed by atoms with Crippen LogP contribution in [-0.4, -0.2) is 23.4 Å². The molecule has 0 saturated carbocycles. The van der Waals surface area contributed by atoms with Gasteiger partial charge in [0.25, 0.3) is 0 Å². The molecule has 0 amide bonds. The summed E-state index contributed by atoms with van der Waals surface area (Å²) in [7, 11) is 0. The molecule has 1 rings (SSSR count). The summed E-state index contributed by atoms with van der Waals surface area (Å²) in [5.41, 5.74) is 0. The molecule has 0 bridgehead atoms. The molecule has 3 atom stereocenters. The highest BCUT2D eigenvalue weighted by atomic mass is 16.5. The molecule has 1 N–H and O–H groups in total. The Kier molecular flexibility index (Phi) is 4.01. The first-order chi connectivity index (χ1) is 6.27. The fourth-order valence-electron chi connectivity index (χ4n) is 1.39. The van der Waals surface area contributed by atoms with Crippen LogP contribution in [-0.2, 0) is 4.74 Å². The van der Waals surface area contributed by atoms with E-state index < -0.39 is 6.10 Å². The normalized spacial score (nSPS) is 30.5. The quantitative estimate of drug-likeness (QED) is 0.515. The molecule has 0 aromatic heterocycles. The number of aliphatic hydroxyl groups is 1. The molecule has 72 valence electrons. The summed E-state index contributed by atoms with van der Waals surface area (Å²) in [5.74, 6) is 2.57. The Morgan fingerprint density at radius 3 is 2.92 bits per heavy atom. The summed E-state index contributed by atoms with van der Waals surface area (Å²) < 4.78 is 5.56. The minimum Gasteiger partial charge on any atom is -0.390 e. The van der Waals surface area contributed by atoms with Crippen LogP contribution in [0.25, 0.3) is 0 Å². The topological polar surface area (TPSA) is 29.5 Å². The number of ether oxygens (including phenoxy) is 1. The molecule has 0 saturated heterocycles. The largest absolute Gasteiger partial charge is 0.390 e. The van der Waals surface area contributed by atoms with Crippen molar-refractivity contribution in [3.05, 3.63) is 12.2 Å². The summed E-state index contributed by atoms with van der Waals surface area (Å²) in [6.45, 7) is 1.94. The molecule has 0 spiro atoms. The van der Waals surface area contributed by atoms with Crippen molar-refractivity contribution in [2.45, 2.75) is 44.5 Å². The van der Waals surface area contributed by atoms with E-state index in [0.717, 1.165) is 12.8 Å². The number of rotatable bonds is 2. The molecule has 0 aliphatic carbocycles. The van der Waals surface area contributed by atoms with Crippen LogP contribution in [0.3, 0.4) is 0 Å². The van der Waals surface area contributed by atoms with Crippen molar-refractivity contribution in [1.29, 1.82) is 0 Å². The molecule has 0 unspecified atom stereocenters. The average Bonchev–Trinajstić information content (AvgIpc) is 2.41. The van der Waals surface area contributed by atoms with Gasteiger partial charge in [0, 0.05) is 6.42 Å². The monoisotopic (exact) mass is 180 g/mol. The molecular formula is C11H16O2. The van der Waals surface area contributed by atoms with Gasteiger partial charge in [0.15, 0.2) is 0 Å². The van der Waals surface area contributed by atoms with Crippen LogP contribution in [0.4, 0.5) is 0 Å². The molecule has 0 fully saturated rings. The summed E-state index contributed by atoms with van der Waals surface area (Å²) in [5, 5.41) is 9.59. The number of hydrogen-bond donors (Lipinski definition) is 1. The van der Waals surface area contributed by atoms with E-state index >= 15 is 0 Å². The van der Waals surface area contributed by atoms with Crippen molar-refractivity contribution in [1.82, 2.24) is 0 Å². The smallest absolute Gasteiger partial charge is 0.121 e. The van der Waals surface area contributed by atoms with Crippen molar-refractivity contribution in [2.24, 2.45) is 0 Å². The number of terminal acetylenes is 1. The van der Waals surface area contributed by atoms with Crippen molar-refractivity contribution in [3.8, 4) is 12.3 Å². The van der Waals surface area contributed by atoms with E-state index in [0.29, 0.717) is 6.42 Å². The van der Waals surface area contributed by atoms with E-state index in [1.165, 1.54) is 0 Å². The number of hydrogen-bond acceptors (Lipinski definition) is 2. The maximum absolute atomic E-state index is 9.59. The first-order valence-electron chi connectivity index (χ1n) is 4.72. The lowest BCUT2D eigenvalue weighted by atomic mass is 10.1. The Labute approximate surface area is 79.6 Å². The van der Waals surface area contributed by atoms with E-state index in [4.69, 9.17) is 11.2 Å². The van der Waals surface area contributed by atoms with Crippen molar-refractivity contribution in [3.63, 3.8) is 0 Å². The average molecular weight is 180 g/mol. The van der Waals surface area contributed by atoms with Crippen molar-refractivity contribution >= 4 is 0 Å². The first-order valence-corrected chi connectivity index (χ1v) is 4.72. The lowest BCUT2D eigenvalue weighted by Gasteiger charge is -2.22. The van der Waals surface area contributed by atoms with Crippen LogP contribution >= 0.6 is 0 Å². The van der Waals surface area contributed by atoms with Gasteiger partial charge < -0.3 is 9.84 Å². The minimum atomic E-state index is -0.404. The molecule has 0 aromatic rings. The molecule has 13 heavy (non-hydrogen) atoms. The maximum atomic E-state index is 9.59. The van der Waals surface area contributed by atoms with Gasteiger partial charge in [0.1, 0.15) is 6.10 Å². The fraction of sp³-hybridized carbons (Fsp3) is 0.636. The summed E-state index contributed by atoms with van der Waals surface area (Å²) in [6, 6.07) is 0. The highest BCUT2D eigenvalue weighted by molar-refractivity contribution is 5.03. The first kappa shape index (κ1) is 10.3. The Hall–Kier alpha value is -0.780. The van der Waals surface area contributed by atoms with Crippen LogP contribution < -0.4 is 0 Å². The highest BCUT2D eigenvalue weighted by Crippen LogP contribution is 2.16. The molecule has 1 heterocycles. The zero-order valence-corrected chi connectivity index (χ0v) is 7.94. The number of aliphatic hydroxyl groups excluding tert-OH is 1. The zero-order valence-electron chi connectivity index (χ0n) is 7.94.